The van der Waals surface area contributed by atoms with E-state index in [1.54, 1.807) is 0 Å². The van der Waals surface area contributed by atoms with Gasteiger partial charge in [-0.25, -0.2) is 0 Å². The van der Waals surface area contributed by atoms with Crippen LogP contribution in [0.2, 0.25) is 20.5 Å². The summed E-state index contributed by atoms with van der Waals surface area (Å²) < 4.78 is 0. The standard InChI is InChI=1S/4C2H5.CH5N.V/c5*1-2;/h4*1H2,2H3;2H2,1H3;. The summed E-state index contributed by atoms with van der Waals surface area (Å²) in [5.74, 6) is 0. The van der Waals surface area contributed by atoms with Crippen molar-refractivity contribution >= 4 is 0 Å². The summed E-state index contributed by atoms with van der Waals surface area (Å²) in [5, 5.41) is 6.06. The van der Waals surface area contributed by atoms with Crippen molar-refractivity contribution in [3.05, 3.63) is 0 Å². The Morgan fingerprint density at radius 2 is 0.909 bits per heavy atom. The SMILES string of the molecule is CN.C[CH2][V]([CH2]C)([CH2]C)[CH2]C. The van der Waals surface area contributed by atoms with Gasteiger partial charge in [0.2, 0.25) is 0 Å². The van der Waals surface area contributed by atoms with Gasteiger partial charge in [0.05, 0.1) is 0 Å². The van der Waals surface area contributed by atoms with Crippen LogP contribution in [0.5, 0.6) is 0 Å². The van der Waals surface area contributed by atoms with Crippen molar-refractivity contribution in [2.24, 2.45) is 5.73 Å². The Balaban J connectivity index is 0. The fraction of sp³-hybridized carbons (Fsp3) is 1.00. The molecule has 0 amide bonds. The zero-order valence-electron chi connectivity index (χ0n) is 8.85. The van der Waals surface area contributed by atoms with Crippen LogP contribution in [0.25, 0.3) is 0 Å². The molecule has 0 aliphatic rings. The van der Waals surface area contributed by atoms with Crippen molar-refractivity contribution in [2.75, 3.05) is 7.05 Å². The Morgan fingerprint density at radius 1 is 0.727 bits per heavy atom. The summed E-state index contributed by atoms with van der Waals surface area (Å²) in [6, 6.07) is 0. The quantitative estimate of drug-likeness (QED) is 0.735. The number of rotatable bonds is 4. The molecule has 71 valence electrons. The molecule has 0 spiro atoms. The van der Waals surface area contributed by atoms with Gasteiger partial charge in [-0.3, -0.25) is 0 Å². The van der Waals surface area contributed by atoms with Gasteiger partial charge >= 0.3 is 62.3 Å². The van der Waals surface area contributed by atoms with Gasteiger partial charge in [0.1, 0.15) is 0 Å². The van der Waals surface area contributed by atoms with E-state index in [-0.39, 0.29) is 0 Å². The van der Waals surface area contributed by atoms with Crippen molar-refractivity contribution in [3.63, 3.8) is 0 Å². The summed E-state index contributed by atoms with van der Waals surface area (Å²) >= 11 is -1.01. The summed E-state index contributed by atoms with van der Waals surface area (Å²) in [5.41, 5.74) is 4.50. The maximum atomic E-state index is 4.50. The van der Waals surface area contributed by atoms with Crippen LogP contribution in [0.15, 0.2) is 0 Å². The van der Waals surface area contributed by atoms with Crippen molar-refractivity contribution in [1.29, 1.82) is 0 Å². The van der Waals surface area contributed by atoms with Gasteiger partial charge in [0.15, 0.2) is 0 Å². The van der Waals surface area contributed by atoms with E-state index in [2.05, 4.69) is 33.4 Å². The van der Waals surface area contributed by atoms with Crippen molar-refractivity contribution in [2.45, 2.75) is 48.2 Å². The van der Waals surface area contributed by atoms with Crippen LogP contribution >= 0.6 is 0 Å². The van der Waals surface area contributed by atoms with Crippen LogP contribution in [0.3, 0.4) is 0 Å². The molecule has 0 saturated carbocycles. The van der Waals surface area contributed by atoms with Gasteiger partial charge in [-0.05, 0) is 7.05 Å². The molecule has 0 aliphatic carbocycles. The van der Waals surface area contributed by atoms with E-state index in [1.165, 1.54) is 27.6 Å². The Labute approximate surface area is 75.3 Å². The third kappa shape index (κ3) is 4.89. The first-order valence-electron chi connectivity index (χ1n) is 4.67. The molecule has 2 heteroatoms. The minimum atomic E-state index is -1.01. The molecule has 0 fully saturated rings. The van der Waals surface area contributed by atoms with Gasteiger partial charge < -0.3 is 5.73 Å². The second-order valence-corrected chi connectivity index (χ2v) is 10.7. The molecule has 0 aromatic carbocycles. The predicted molar refractivity (Wildman–Crippen MR) is 52.0 cm³/mol. The van der Waals surface area contributed by atoms with Gasteiger partial charge in [-0.2, -0.15) is 0 Å². The molecule has 11 heavy (non-hydrogen) atoms. The maximum absolute atomic E-state index is 4.50. The molecule has 1 nitrogen and oxygen atoms in total. The molecule has 0 radical (unpaired) electrons. The molecule has 0 bridgehead atoms. The zero-order chi connectivity index (χ0) is 9.33. The summed E-state index contributed by atoms with van der Waals surface area (Å²) in [6.07, 6.45) is 0. The fourth-order valence-electron chi connectivity index (χ4n) is 1.34. The normalized spacial score (nSPS) is 10.4. The second kappa shape index (κ2) is 8.64. The topological polar surface area (TPSA) is 26.0 Å². The van der Waals surface area contributed by atoms with E-state index in [1.807, 2.05) is 0 Å². The summed E-state index contributed by atoms with van der Waals surface area (Å²) in [7, 11) is 1.50. The number of nitrogens with two attached hydrogens (primary N) is 1. The zero-order valence-corrected chi connectivity index (χ0v) is 10.2. The average Bonchev–Trinajstić information content (AvgIpc) is 2.13. The first-order chi connectivity index (χ1) is 5.24. The van der Waals surface area contributed by atoms with Crippen LogP contribution < -0.4 is 5.73 Å². The van der Waals surface area contributed by atoms with E-state index in [0.29, 0.717) is 0 Å². The van der Waals surface area contributed by atoms with Gasteiger partial charge in [0.25, 0.3) is 0 Å². The number of hydrogen-bond donors (Lipinski definition) is 1. The van der Waals surface area contributed by atoms with Crippen molar-refractivity contribution < 1.29 is 14.0 Å². The predicted octanol–water partition coefficient (Wildman–Crippen LogP) is 3.47. The summed E-state index contributed by atoms with van der Waals surface area (Å²) in [4.78, 5) is 0. The first kappa shape index (κ1) is 14.1. The monoisotopic (exact) mass is 198 g/mol. The summed E-state index contributed by atoms with van der Waals surface area (Å²) in [6.45, 7) is 9.51. The van der Waals surface area contributed by atoms with E-state index in [9.17, 15) is 0 Å². The minimum absolute atomic E-state index is 1.01. The van der Waals surface area contributed by atoms with Crippen molar-refractivity contribution in [3.8, 4) is 0 Å². The molecule has 0 saturated heterocycles. The van der Waals surface area contributed by atoms with E-state index < -0.39 is 14.0 Å². The molecule has 0 atom stereocenters. The molecule has 2 N–H and O–H groups in total. The van der Waals surface area contributed by atoms with Crippen LogP contribution in [0.1, 0.15) is 27.7 Å². The van der Waals surface area contributed by atoms with E-state index in [4.69, 9.17) is 0 Å². The molecule has 0 unspecified atom stereocenters. The van der Waals surface area contributed by atoms with Gasteiger partial charge in [-0.15, -0.1) is 0 Å². The Kier molecular flexibility index (Phi) is 11.1. The molecular weight excluding hydrogens is 173 g/mol. The third-order valence-corrected chi connectivity index (χ3v) is 11.1. The molecule has 0 heterocycles. The third-order valence-electron chi connectivity index (χ3n) is 2.68. The second-order valence-electron chi connectivity index (χ2n) is 2.61. The number of hydrogen-bond acceptors (Lipinski definition) is 1. The van der Waals surface area contributed by atoms with Crippen LogP contribution in [0.4, 0.5) is 0 Å². The van der Waals surface area contributed by atoms with Crippen LogP contribution in [-0.4, -0.2) is 7.05 Å². The van der Waals surface area contributed by atoms with Crippen LogP contribution in [0, 0.1) is 0 Å². The van der Waals surface area contributed by atoms with E-state index >= 15 is 0 Å². The van der Waals surface area contributed by atoms with Gasteiger partial charge in [0, 0.05) is 0 Å². The average molecular weight is 198 g/mol. The van der Waals surface area contributed by atoms with Crippen LogP contribution in [-0.2, 0) is 14.0 Å². The molecule has 0 aromatic heterocycles. The molecule has 0 rings (SSSR count). The van der Waals surface area contributed by atoms with Gasteiger partial charge in [-0.1, -0.05) is 0 Å². The fourth-order valence-corrected chi connectivity index (χ4v) is 5.53. The Bertz CT molecular complexity index is 52.5. The van der Waals surface area contributed by atoms with Crippen molar-refractivity contribution in [1.82, 2.24) is 0 Å². The molecule has 0 aliphatic heterocycles. The Morgan fingerprint density at radius 3 is 0.909 bits per heavy atom. The van der Waals surface area contributed by atoms with E-state index in [0.717, 1.165) is 0 Å². The first-order valence-corrected chi connectivity index (χ1v) is 8.62. The Hall–Kier alpha value is 0.544. The molecular formula is C9H25NV. The molecule has 0 aromatic rings.